The fraction of sp³-hybridized carbons (Fsp3) is 0.205. The Bertz CT molecular complexity index is 1740. The van der Waals surface area contributed by atoms with Gasteiger partial charge in [0.05, 0.1) is 16.7 Å². The zero-order chi connectivity index (χ0) is 34.6. The van der Waals surface area contributed by atoms with Crippen LogP contribution in [0.4, 0.5) is 0 Å². The monoisotopic (exact) mass is 647 g/mol. The predicted octanol–water partition coefficient (Wildman–Crippen LogP) is 8.33. The maximum absolute atomic E-state index is 11.2. The first kappa shape index (κ1) is 35.0. The number of aromatic hydroxyl groups is 1. The first-order valence-electron chi connectivity index (χ1n) is 15.3. The zero-order valence-corrected chi connectivity index (χ0v) is 27.8. The number of hydrogen-bond donors (Lipinski definition) is 1. The van der Waals surface area contributed by atoms with Gasteiger partial charge in [-0.3, -0.25) is 0 Å². The summed E-state index contributed by atoms with van der Waals surface area (Å²) in [5.41, 5.74) is 4.00. The molecule has 9 nitrogen and oxygen atoms in total. The van der Waals surface area contributed by atoms with Gasteiger partial charge in [0.2, 0.25) is 0 Å². The molecule has 4 aromatic rings. The lowest BCUT2D eigenvalue weighted by molar-refractivity contribution is 0.344. The van der Waals surface area contributed by atoms with Crippen LogP contribution in [0.3, 0.4) is 0 Å². The average molecular weight is 648 g/mol. The highest BCUT2D eigenvalue weighted by Gasteiger charge is 2.22. The topological polar surface area (TPSA) is 105 Å². The van der Waals surface area contributed by atoms with Gasteiger partial charge in [-0.1, -0.05) is 63.3 Å². The zero-order valence-electron chi connectivity index (χ0n) is 27.8. The molecule has 0 saturated heterocycles. The Kier molecular flexibility index (Phi) is 12.2. The number of phenolic OH excluding ortho intramolecular Hbond substituents is 1. The molecule has 9 heteroatoms. The lowest BCUT2D eigenvalue weighted by atomic mass is 10.1. The van der Waals surface area contributed by atoms with Gasteiger partial charge in [-0.15, -0.1) is 0 Å². The molecule has 0 radical (unpaired) electrons. The number of nitrogens with zero attached hydrogens (tertiary/aromatic N) is 3. The van der Waals surface area contributed by atoms with E-state index in [4.69, 9.17) is 38.6 Å². The highest BCUT2D eigenvalue weighted by atomic mass is 16.5. The van der Waals surface area contributed by atoms with Crippen LogP contribution in [0, 0.1) is 20.8 Å². The van der Waals surface area contributed by atoms with E-state index in [-0.39, 0.29) is 24.8 Å². The van der Waals surface area contributed by atoms with E-state index in [0.717, 1.165) is 16.7 Å². The second kappa shape index (κ2) is 16.6. The molecule has 0 atom stereocenters. The van der Waals surface area contributed by atoms with Crippen LogP contribution in [0.2, 0.25) is 0 Å². The van der Waals surface area contributed by atoms with Crippen LogP contribution in [0.25, 0.3) is 34.2 Å². The van der Waals surface area contributed by atoms with Gasteiger partial charge in [0, 0.05) is 18.2 Å². The Morgan fingerprint density at radius 2 is 0.750 bits per heavy atom. The summed E-state index contributed by atoms with van der Waals surface area (Å²) in [7, 11) is 0. The van der Waals surface area contributed by atoms with E-state index in [1.165, 1.54) is 0 Å². The lowest BCUT2D eigenvalue weighted by Crippen LogP contribution is -2.06. The van der Waals surface area contributed by atoms with E-state index in [0.29, 0.717) is 76.9 Å². The van der Waals surface area contributed by atoms with Crippen molar-refractivity contribution in [2.24, 2.45) is 0 Å². The Morgan fingerprint density at radius 3 is 1.10 bits per heavy atom. The first-order valence-corrected chi connectivity index (χ1v) is 15.3. The molecule has 0 aliphatic rings. The van der Waals surface area contributed by atoms with E-state index < -0.39 is 0 Å². The quantitative estimate of drug-likeness (QED) is 0.107. The highest BCUT2D eigenvalue weighted by molar-refractivity contribution is 5.76. The van der Waals surface area contributed by atoms with Gasteiger partial charge in [0.25, 0.3) is 0 Å². The van der Waals surface area contributed by atoms with Crippen molar-refractivity contribution in [2.75, 3.05) is 33.0 Å². The van der Waals surface area contributed by atoms with Crippen molar-refractivity contribution >= 4 is 0 Å². The van der Waals surface area contributed by atoms with E-state index >= 15 is 0 Å². The maximum atomic E-state index is 11.2. The summed E-state index contributed by atoms with van der Waals surface area (Å²) in [6.07, 6.45) is 8.28. The average Bonchev–Trinajstić information content (AvgIpc) is 3.09. The van der Waals surface area contributed by atoms with Gasteiger partial charge in [-0.2, -0.15) is 0 Å². The minimum atomic E-state index is -0.0669. The van der Waals surface area contributed by atoms with Crippen LogP contribution in [-0.4, -0.2) is 53.1 Å². The van der Waals surface area contributed by atoms with Crippen LogP contribution in [0.15, 0.2) is 99.7 Å². The minimum Gasteiger partial charge on any atom is -0.507 e. The molecule has 0 fully saturated rings. The summed E-state index contributed by atoms with van der Waals surface area (Å²) in [5, 5.41) is 11.2. The normalized spacial score (nSPS) is 10.5. The van der Waals surface area contributed by atoms with Crippen LogP contribution >= 0.6 is 0 Å². The Morgan fingerprint density at radius 1 is 0.458 bits per heavy atom. The Labute approximate surface area is 282 Å². The molecule has 48 heavy (non-hydrogen) atoms. The predicted molar refractivity (Wildman–Crippen MR) is 190 cm³/mol. The molecule has 0 unspecified atom stereocenters. The van der Waals surface area contributed by atoms with E-state index in [1.54, 1.807) is 54.6 Å². The summed E-state index contributed by atoms with van der Waals surface area (Å²) in [6, 6.07) is 10.7. The molecule has 0 amide bonds. The van der Waals surface area contributed by atoms with E-state index in [1.807, 2.05) is 32.9 Å². The Balaban J connectivity index is 2.02. The molecule has 0 bridgehead atoms. The molecule has 0 aliphatic carbocycles. The molecular weight excluding hydrogens is 606 g/mol. The summed E-state index contributed by atoms with van der Waals surface area (Å²) in [4.78, 5) is 14.7. The fourth-order valence-electron chi connectivity index (χ4n) is 4.73. The molecule has 1 N–H and O–H groups in total. The van der Waals surface area contributed by atoms with E-state index in [9.17, 15) is 5.11 Å². The number of rotatable bonds is 18. The van der Waals surface area contributed by atoms with Gasteiger partial charge >= 0.3 is 0 Å². The molecule has 0 spiro atoms. The maximum Gasteiger partial charge on any atom is 0.167 e. The highest BCUT2D eigenvalue weighted by Crippen LogP contribution is 2.41. The molecular formula is C39H41N3O6. The number of aryl methyl sites for hydroxylation is 3. The minimum absolute atomic E-state index is 0.0669. The number of phenols is 1. The number of aromatic nitrogens is 3. The fourth-order valence-corrected chi connectivity index (χ4v) is 4.73. The van der Waals surface area contributed by atoms with Crippen molar-refractivity contribution in [2.45, 2.75) is 20.8 Å². The smallest absolute Gasteiger partial charge is 0.167 e. The standard InChI is InChI=1S/C39H41N3O6/c1-9-14-44-32-22-31(43)28(19-25(32)6)37-40-38(29-20-26(7)33(45-15-10-2)23-35(29)47-17-12-4)42-39(41-37)30-21-27(8)34(46-16-11-3)24-36(30)48-18-13-5/h9-13,19-24,43H,1-5,14-18H2,6-8H3. The van der Waals surface area contributed by atoms with Crippen molar-refractivity contribution in [3.05, 3.63) is 116 Å². The Hall–Kier alpha value is -5.83. The second-order valence-electron chi connectivity index (χ2n) is 10.7. The van der Waals surface area contributed by atoms with Crippen molar-refractivity contribution in [1.82, 2.24) is 15.0 Å². The summed E-state index contributed by atoms with van der Waals surface area (Å²) < 4.78 is 29.7. The lowest BCUT2D eigenvalue weighted by Gasteiger charge is -2.18. The van der Waals surface area contributed by atoms with Gasteiger partial charge in [-0.05, 0) is 55.7 Å². The van der Waals surface area contributed by atoms with Crippen molar-refractivity contribution in [1.29, 1.82) is 0 Å². The summed E-state index contributed by atoms with van der Waals surface area (Å²) in [6.45, 7) is 25.9. The largest absolute Gasteiger partial charge is 0.507 e. The van der Waals surface area contributed by atoms with Gasteiger partial charge in [0.15, 0.2) is 17.5 Å². The third-order valence-corrected chi connectivity index (χ3v) is 6.99. The number of ether oxygens (including phenoxy) is 5. The van der Waals surface area contributed by atoms with Crippen LogP contribution in [-0.2, 0) is 0 Å². The van der Waals surface area contributed by atoms with Gasteiger partial charge in [0.1, 0.15) is 67.5 Å². The third-order valence-electron chi connectivity index (χ3n) is 6.99. The van der Waals surface area contributed by atoms with Crippen molar-refractivity contribution in [3.8, 4) is 68.7 Å². The molecule has 1 heterocycles. The molecule has 248 valence electrons. The molecule has 0 saturated carbocycles. The number of benzene rings is 3. The second-order valence-corrected chi connectivity index (χ2v) is 10.7. The van der Waals surface area contributed by atoms with Gasteiger partial charge in [-0.25, -0.2) is 15.0 Å². The van der Waals surface area contributed by atoms with Gasteiger partial charge < -0.3 is 28.8 Å². The van der Waals surface area contributed by atoms with Crippen LogP contribution in [0.5, 0.6) is 34.5 Å². The first-order chi connectivity index (χ1) is 23.2. The van der Waals surface area contributed by atoms with Crippen molar-refractivity contribution < 1.29 is 28.8 Å². The van der Waals surface area contributed by atoms with E-state index in [2.05, 4.69) is 32.9 Å². The van der Waals surface area contributed by atoms with Crippen LogP contribution < -0.4 is 23.7 Å². The van der Waals surface area contributed by atoms with Crippen molar-refractivity contribution in [3.63, 3.8) is 0 Å². The summed E-state index contributed by atoms with van der Waals surface area (Å²) in [5.74, 6) is 3.48. The SMILES string of the molecule is C=CCOc1cc(O)c(-c2nc(-c3cc(C)c(OCC=C)cc3OCC=C)nc(-c3cc(C)c(OCC=C)cc3OCC=C)n2)cc1C. The number of hydrogen-bond acceptors (Lipinski definition) is 9. The van der Waals surface area contributed by atoms with Crippen LogP contribution in [0.1, 0.15) is 16.7 Å². The molecule has 3 aromatic carbocycles. The summed E-state index contributed by atoms with van der Waals surface area (Å²) >= 11 is 0. The molecule has 4 rings (SSSR count). The third kappa shape index (κ3) is 8.30. The molecule has 0 aliphatic heterocycles. The molecule has 1 aromatic heterocycles.